The Morgan fingerprint density at radius 3 is 2.90 bits per heavy atom. The predicted octanol–water partition coefficient (Wildman–Crippen LogP) is 3.45. The molecule has 0 aliphatic carbocycles. The van der Waals surface area contributed by atoms with Gasteiger partial charge in [0, 0.05) is 10.4 Å². The van der Waals surface area contributed by atoms with E-state index in [2.05, 4.69) is 10.3 Å². The fraction of sp³-hybridized carbons (Fsp3) is 0.200. The molecular formula is C15H15FN2OS. The molecule has 3 nitrogen and oxygen atoms in total. The second kappa shape index (κ2) is 6.43. The molecule has 0 fully saturated rings. The number of aromatic nitrogens is 1. The van der Waals surface area contributed by atoms with Crippen LogP contribution in [-0.4, -0.2) is 10.9 Å². The fourth-order valence-corrected chi connectivity index (χ4v) is 2.75. The van der Waals surface area contributed by atoms with Gasteiger partial charge in [0.05, 0.1) is 12.2 Å². The van der Waals surface area contributed by atoms with E-state index in [0.717, 1.165) is 10.6 Å². The smallest absolute Gasteiger partial charge is 0.243 e. The quantitative estimate of drug-likeness (QED) is 0.876. The summed E-state index contributed by atoms with van der Waals surface area (Å²) in [6.45, 7) is 4.05. The number of rotatable bonds is 4. The molecule has 0 atom stereocenters. The fourth-order valence-electron chi connectivity index (χ4n) is 1.72. The standard InChI is InChI=1S/C15H15FN2OS/c1-3-6-14(19)17-9-13-10(2)18-15(20-13)11-7-4-5-8-12(11)16/h3-8H,9H2,1-2H3,(H,17,19)/b6-3+. The van der Waals surface area contributed by atoms with E-state index < -0.39 is 0 Å². The van der Waals surface area contributed by atoms with Crippen molar-refractivity contribution >= 4 is 17.2 Å². The lowest BCUT2D eigenvalue weighted by Gasteiger charge is -1.99. The van der Waals surface area contributed by atoms with Gasteiger partial charge in [-0.1, -0.05) is 18.2 Å². The number of halogens is 1. The first kappa shape index (κ1) is 14.4. The Kier molecular flexibility index (Phi) is 4.63. The Bertz CT molecular complexity index is 649. The van der Waals surface area contributed by atoms with Gasteiger partial charge in [0.2, 0.25) is 5.91 Å². The van der Waals surface area contributed by atoms with E-state index in [1.807, 2.05) is 6.92 Å². The van der Waals surface area contributed by atoms with E-state index in [0.29, 0.717) is 17.1 Å². The minimum absolute atomic E-state index is 0.146. The Hall–Kier alpha value is -2.01. The van der Waals surface area contributed by atoms with Crippen molar-refractivity contribution < 1.29 is 9.18 Å². The number of allylic oxidation sites excluding steroid dienone is 1. The molecule has 1 heterocycles. The molecule has 2 rings (SSSR count). The average molecular weight is 290 g/mol. The van der Waals surface area contributed by atoms with Crippen LogP contribution in [0.3, 0.4) is 0 Å². The highest BCUT2D eigenvalue weighted by Crippen LogP contribution is 2.29. The normalized spacial score (nSPS) is 10.9. The Morgan fingerprint density at radius 2 is 2.20 bits per heavy atom. The van der Waals surface area contributed by atoms with Crippen LogP contribution in [0, 0.1) is 12.7 Å². The van der Waals surface area contributed by atoms with Gasteiger partial charge in [-0.15, -0.1) is 11.3 Å². The number of carbonyl (C=O) groups is 1. The molecule has 0 aliphatic heterocycles. The molecule has 0 saturated heterocycles. The van der Waals surface area contributed by atoms with Gasteiger partial charge in [-0.2, -0.15) is 0 Å². The van der Waals surface area contributed by atoms with Crippen LogP contribution < -0.4 is 5.32 Å². The van der Waals surface area contributed by atoms with Crippen molar-refractivity contribution in [3.63, 3.8) is 0 Å². The lowest BCUT2D eigenvalue weighted by molar-refractivity contribution is -0.116. The number of nitrogens with zero attached hydrogens (tertiary/aromatic N) is 1. The number of aryl methyl sites for hydroxylation is 1. The lowest BCUT2D eigenvalue weighted by Crippen LogP contribution is -2.19. The molecule has 1 aromatic heterocycles. The van der Waals surface area contributed by atoms with E-state index in [1.165, 1.54) is 23.5 Å². The summed E-state index contributed by atoms with van der Waals surface area (Å²) >= 11 is 1.40. The number of hydrogen-bond donors (Lipinski definition) is 1. The molecule has 0 spiro atoms. The summed E-state index contributed by atoms with van der Waals surface area (Å²) in [5.41, 5.74) is 1.31. The number of nitrogens with one attached hydrogen (secondary N) is 1. The SMILES string of the molecule is C/C=C/C(=O)NCc1sc(-c2ccccc2F)nc1C. The van der Waals surface area contributed by atoms with Crippen LogP contribution in [0.1, 0.15) is 17.5 Å². The van der Waals surface area contributed by atoms with Crippen molar-refractivity contribution in [2.45, 2.75) is 20.4 Å². The molecule has 0 aliphatic rings. The summed E-state index contributed by atoms with van der Waals surface area (Å²) in [4.78, 5) is 16.7. The van der Waals surface area contributed by atoms with Crippen LogP contribution in [-0.2, 0) is 11.3 Å². The maximum Gasteiger partial charge on any atom is 0.243 e. The minimum Gasteiger partial charge on any atom is -0.348 e. The van der Waals surface area contributed by atoms with Gasteiger partial charge in [0.1, 0.15) is 10.8 Å². The third-order valence-electron chi connectivity index (χ3n) is 2.74. The van der Waals surface area contributed by atoms with Crippen LogP contribution >= 0.6 is 11.3 Å². The molecule has 0 radical (unpaired) electrons. The molecular weight excluding hydrogens is 275 g/mol. The van der Waals surface area contributed by atoms with Crippen molar-refractivity contribution in [3.8, 4) is 10.6 Å². The zero-order valence-electron chi connectivity index (χ0n) is 11.3. The van der Waals surface area contributed by atoms with E-state index in [1.54, 1.807) is 31.2 Å². The molecule has 1 aromatic carbocycles. The number of hydrogen-bond acceptors (Lipinski definition) is 3. The molecule has 5 heteroatoms. The topological polar surface area (TPSA) is 42.0 Å². The number of benzene rings is 1. The second-order valence-electron chi connectivity index (χ2n) is 4.23. The summed E-state index contributed by atoms with van der Waals surface area (Å²) in [5, 5.41) is 3.41. The van der Waals surface area contributed by atoms with Crippen LogP contribution in [0.4, 0.5) is 4.39 Å². The van der Waals surface area contributed by atoms with Crippen LogP contribution in [0.2, 0.25) is 0 Å². The summed E-state index contributed by atoms with van der Waals surface area (Å²) < 4.78 is 13.7. The lowest BCUT2D eigenvalue weighted by atomic mass is 10.2. The Morgan fingerprint density at radius 1 is 1.45 bits per heavy atom. The van der Waals surface area contributed by atoms with Gasteiger partial charge in [-0.3, -0.25) is 4.79 Å². The zero-order valence-corrected chi connectivity index (χ0v) is 12.1. The number of carbonyl (C=O) groups excluding carboxylic acids is 1. The van der Waals surface area contributed by atoms with Crippen molar-refractivity contribution in [2.75, 3.05) is 0 Å². The van der Waals surface area contributed by atoms with Crippen molar-refractivity contribution in [3.05, 3.63) is 52.8 Å². The van der Waals surface area contributed by atoms with Gasteiger partial charge in [0.15, 0.2) is 0 Å². The van der Waals surface area contributed by atoms with Crippen molar-refractivity contribution in [1.29, 1.82) is 0 Å². The van der Waals surface area contributed by atoms with Crippen molar-refractivity contribution in [1.82, 2.24) is 10.3 Å². The van der Waals surface area contributed by atoms with Gasteiger partial charge < -0.3 is 5.32 Å². The summed E-state index contributed by atoms with van der Waals surface area (Å²) in [5.74, 6) is -0.432. The second-order valence-corrected chi connectivity index (χ2v) is 5.31. The molecule has 0 unspecified atom stereocenters. The summed E-state index contributed by atoms with van der Waals surface area (Å²) in [6.07, 6.45) is 3.15. The minimum atomic E-state index is -0.286. The molecule has 1 N–H and O–H groups in total. The van der Waals surface area contributed by atoms with Gasteiger partial charge in [-0.25, -0.2) is 9.37 Å². The largest absolute Gasteiger partial charge is 0.348 e. The average Bonchev–Trinajstić information content (AvgIpc) is 2.78. The number of amides is 1. The highest BCUT2D eigenvalue weighted by atomic mass is 32.1. The third kappa shape index (κ3) is 3.30. The number of thiazole rings is 1. The molecule has 104 valence electrons. The van der Waals surface area contributed by atoms with Crippen molar-refractivity contribution in [2.24, 2.45) is 0 Å². The van der Waals surface area contributed by atoms with Gasteiger partial charge in [0.25, 0.3) is 0 Å². The Labute approximate surface area is 121 Å². The first-order chi connectivity index (χ1) is 9.61. The van der Waals surface area contributed by atoms with Crippen LogP contribution in [0.25, 0.3) is 10.6 Å². The van der Waals surface area contributed by atoms with E-state index in [9.17, 15) is 9.18 Å². The first-order valence-electron chi connectivity index (χ1n) is 6.23. The van der Waals surface area contributed by atoms with Gasteiger partial charge in [-0.05, 0) is 32.1 Å². The van der Waals surface area contributed by atoms with E-state index >= 15 is 0 Å². The van der Waals surface area contributed by atoms with Crippen LogP contribution in [0.5, 0.6) is 0 Å². The molecule has 1 amide bonds. The molecule has 0 bridgehead atoms. The molecule has 0 saturated carbocycles. The molecule has 2 aromatic rings. The van der Waals surface area contributed by atoms with Gasteiger partial charge >= 0.3 is 0 Å². The van der Waals surface area contributed by atoms with E-state index in [-0.39, 0.29) is 11.7 Å². The highest BCUT2D eigenvalue weighted by molar-refractivity contribution is 7.15. The highest BCUT2D eigenvalue weighted by Gasteiger charge is 2.12. The van der Waals surface area contributed by atoms with E-state index in [4.69, 9.17) is 0 Å². The third-order valence-corrected chi connectivity index (χ3v) is 3.93. The molecule has 20 heavy (non-hydrogen) atoms. The zero-order chi connectivity index (χ0) is 14.5. The van der Waals surface area contributed by atoms with Crippen LogP contribution in [0.15, 0.2) is 36.4 Å². The summed E-state index contributed by atoms with van der Waals surface area (Å²) in [6, 6.07) is 6.55. The maximum atomic E-state index is 13.7. The monoisotopic (exact) mass is 290 g/mol. The Balaban J connectivity index is 2.18. The first-order valence-corrected chi connectivity index (χ1v) is 7.05. The maximum absolute atomic E-state index is 13.7. The summed E-state index contributed by atoms with van der Waals surface area (Å²) in [7, 11) is 0. The predicted molar refractivity (Wildman–Crippen MR) is 78.9 cm³/mol.